The molecule has 100 valence electrons. The van der Waals surface area contributed by atoms with Crippen LogP contribution in [-0.2, 0) is 12.8 Å². The van der Waals surface area contributed by atoms with Crippen LogP contribution >= 0.6 is 11.3 Å². The van der Waals surface area contributed by atoms with Crippen LogP contribution < -0.4 is 10.5 Å². The van der Waals surface area contributed by atoms with E-state index in [4.69, 9.17) is 10.5 Å². The summed E-state index contributed by atoms with van der Waals surface area (Å²) in [6, 6.07) is 8.84. The lowest BCUT2D eigenvalue weighted by Gasteiger charge is -2.11. The standard InChI is InChI=1S/C16H19NOS/c1-11-7-9-19-16(11)14(17)4-2-12-3-5-15-13(10-12)6-8-18-15/h3,5,7,9-10,14H,2,4,6,8,17H2,1H3. The van der Waals surface area contributed by atoms with E-state index in [9.17, 15) is 0 Å². The topological polar surface area (TPSA) is 35.2 Å². The summed E-state index contributed by atoms with van der Waals surface area (Å²) in [7, 11) is 0. The van der Waals surface area contributed by atoms with Gasteiger partial charge in [0, 0.05) is 17.3 Å². The lowest BCUT2D eigenvalue weighted by atomic mass is 10.0. The van der Waals surface area contributed by atoms with Gasteiger partial charge in [-0.1, -0.05) is 12.1 Å². The van der Waals surface area contributed by atoms with E-state index in [0.29, 0.717) is 0 Å². The highest BCUT2D eigenvalue weighted by molar-refractivity contribution is 7.10. The molecule has 2 nitrogen and oxygen atoms in total. The number of hydrogen-bond donors (Lipinski definition) is 1. The molecule has 1 aliphatic rings. The van der Waals surface area contributed by atoms with Crippen LogP contribution in [0.5, 0.6) is 5.75 Å². The summed E-state index contributed by atoms with van der Waals surface area (Å²) in [5.74, 6) is 1.06. The van der Waals surface area contributed by atoms with E-state index in [0.717, 1.165) is 31.6 Å². The molecule has 0 saturated carbocycles. The fourth-order valence-corrected chi connectivity index (χ4v) is 3.58. The normalized spacial score (nSPS) is 15.1. The largest absolute Gasteiger partial charge is 0.493 e. The number of fused-ring (bicyclic) bond motifs is 1. The minimum atomic E-state index is 0.157. The van der Waals surface area contributed by atoms with Crippen molar-refractivity contribution in [2.75, 3.05) is 6.61 Å². The van der Waals surface area contributed by atoms with Crippen molar-refractivity contribution >= 4 is 11.3 Å². The lowest BCUT2D eigenvalue weighted by Crippen LogP contribution is -2.10. The quantitative estimate of drug-likeness (QED) is 0.923. The number of ether oxygens (including phenoxy) is 1. The van der Waals surface area contributed by atoms with Crippen LogP contribution in [0.1, 0.15) is 34.0 Å². The van der Waals surface area contributed by atoms with Gasteiger partial charge < -0.3 is 10.5 Å². The van der Waals surface area contributed by atoms with E-state index in [2.05, 4.69) is 36.6 Å². The maximum absolute atomic E-state index is 6.29. The fourth-order valence-electron chi connectivity index (χ4n) is 2.61. The highest BCUT2D eigenvalue weighted by Crippen LogP contribution is 2.28. The first-order valence-electron chi connectivity index (χ1n) is 6.78. The Morgan fingerprint density at radius 2 is 2.26 bits per heavy atom. The molecule has 0 aliphatic carbocycles. The zero-order valence-corrected chi connectivity index (χ0v) is 12.0. The molecule has 3 heteroatoms. The molecule has 2 heterocycles. The smallest absolute Gasteiger partial charge is 0.122 e. The lowest BCUT2D eigenvalue weighted by molar-refractivity contribution is 0.357. The molecule has 0 spiro atoms. The van der Waals surface area contributed by atoms with Crippen LogP contribution in [0.15, 0.2) is 29.6 Å². The van der Waals surface area contributed by atoms with Gasteiger partial charge in [0.2, 0.25) is 0 Å². The van der Waals surface area contributed by atoms with Crippen molar-refractivity contribution in [3.05, 3.63) is 51.2 Å². The Morgan fingerprint density at radius 1 is 1.37 bits per heavy atom. The minimum absolute atomic E-state index is 0.157. The van der Waals surface area contributed by atoms with Crippen LogP contribution in [0.25, 0.3) is 0 Å². The van der Waals surface area contributed by atoms with E-state index in [1.807, 2.05) is 0 Å². The molecular formula is C16H19NOS. The molecule has 0 radical (unpaired) electrons. The molecule has 1 aromatic heterocycles. The van der Waals surface area contributed by atoms with Gasteiger partial charge in [0.15, 0.2) is 0 Å². The summed E-state index contributed by atoms with van der Waals surface area (Å²) in [5, 5.41) is 2.12. The summed E-state index contributed by atoms with van der Waals surface area (Å²) in [4.78, 5) is 1.32. The van der Waals surface area contributed by atoms with Gasteiger partial charge in [-0.25, -0.2) is 0 Å². The van der Waals surface area contributed by atoms with Gasteiger partial charge in [-0.05, 0) is 54.0 Å². The molecule has 0 saturated heterocycles. The Morgan fingerprint density at radius 3 is 3.05 bits per heavy atom. The molecule has 2 aromatic rings. The summed E-state index contributed by atoms with van der Waals surface area (Å²) in [6.07, 6.45) is 3.08. The Hall–Kier alpha value is -1.32. The number of rotatable bonds is 4. The van der Waals surface area contributed by atoms with Crippen LogP contribution in [0.3, 0.4) is 0 Å². The van der Waals surface area contributed by atoms with Crippen molar-refractivity contribution in [1.82, 2.24) is 0 Å². The van der Waals surface area contributed by atoms with Gasteiger partial charge in [0.25, 0.3) is 0 Å². The third-order valence-electron chi connectivity index (χ3n) is 3.74. The van der Waals surface area contributed by atoms with E-state index in [1.165, 1.54) is 21.6 Å². The number of hydrogen-bond acceptors (Lipinski definition) is 3. The fraction of sp³-hybridized carbons (Fsp3) is 0.375. The number of thiophene rings is 1. The maximum Gasteiger partial charge on any atom is 0.122 e. The monoisotopic (exact) mass is 273 g/mol. The Kier molecular flexibility index (Phi) is 3.58. The second-order valence-electron chi connectivity index (χ2n) is 5.15. The maximum atomic E-state index is 6.29. The molecule has 1 aliphatic heterocycles. The molecule has 1 aromatic carbocycles. The molecule has 1 atom stereocenters. The van der Waals surface area contributed by atoms with Crippen molar-refractivity contribution in [2.45, 2.75) is 32.2 Å². The van der Waals surface area contributed by atoms with E-state index in [-0.39, 0.29) is 6.04 Å². The van der Waals surface area contributed by atoms with Gasteiger partial charge in [-0.15, -0.1) is 11.3 Å². The summed E-state index contributed by atoms with van der Waals surface area (Å²) in [5.41, 5.74) is 10.3. The number of benzene rings is 1. The van der Waals surface area contributed by atoms with Crippen molar-refractivity contribution in [1.29, 1.82) is 0 Å². The second kappa shape index (κ2) is 5.35. The van der Waals surface area contributed by atoms with Crippen LogP contribution in [0, 0.1) is 6.92 Å². The molecular weight excluding hydrogens is 254 g/mol. The molecule has 0 fully saturated rings. The molecule has 0 amide bonds. The van der Waals surface area contributed by atoms with Gasteiger partial charge in [0.1, 0.15) is 5.75 Å². The number of aryl methyl sites for hydroxylation is 2. The predicted octanol–water partition coefficient (Wildman–Crippen LogP) is 3.62. The van der Waals surface area contributed by atoms with Crippen molar-refractivity contribution < 1.29 is 4.74 Å². The summed E-state index contributed by atoms with van der Waals surface area (Å²) in [6.45, 7) is 2.96. The molecule has 3 rings (SSSR count). The number of nitrogens with two attached hydrogens (primary N) is 1. The SMILES string of the molecule is Cc1ccsc1C(N)CCc1ccc2c(c1)CCO2. The summed E-state index contributed by atoms with van der Waals surface area (Å²) < 4.78 is 5.53. The van der Waals surface area contributed by atoms with Gasteiger partial charge >= 0.3 is 0 Å². The predicted molar refractivity (Wildman–Crippen MR) is 79.9 cm³/mol. The first kappa shape index (κ1) is 12.7. The van der Waals surface area contributed by atoms with Gasteiger partial charge in [-0.3, -0.25) is 0 Å². The second-order valence-corrected chi connectivity index (χ2v) is 6.10. The summed E-state index contributed by atoms with van der Waals surface area (Å²) >= 11 is 1.77. The third kappa shape index (κ3) is 2.67. The Balaban J connectivity index is 1.65. The first-order chi connectivity index (χ1) is 9.24. The van der Waals surface area contributed by atoms with E-state index in [1.54, 1.807) is 11.3 Å². The van der Waals surface area contributed by atoms with Gasteiger partial charge in [-0.2, -0.15) is 0 Å². The molecule has 0 bridgehead atoms. The van der Waals surface area contributed by atoms with Crippen molar-refractivity contribution in [3.8, 4) is 5.75 Å². The van der Waals surface area contributed by atoms with Crippen molar-refractivity contribution in [2.24, 2.45) is 5.73 Å². The Bertz CT molecular complexity index is 576. The van der Waals surface area contributed by atoms with Crippen molar-refractivity contribution in [3.63, 3.8) is 0 Å². The zero-order valence-electron chi connectivity index (χ0n) is 11.2. The highest BCUT2D eigenvalue weighted by Gasteiger charge is 2.14. The molecule has 2 N–H and O–H groups in total. The third-order valence-corrected chi connectivity index (χ3v) is 4.89. The Labute approximate surface area is 118 Å². The molecule has 19 heavy (non-hydrogen) atoms. The van der Waals surface area contributed by atoms with Crippen LogP contribution in [0.4, 0.5) is 0 Å². The first-order valence-corrected chi connectivity index (χ1v) is 7.66. The van der Waals surface area contributed by atoms with Gasteiger partial charge in [0.05, 0.1) is 6.61 Å². The minimum Gasteiger partial charge on any atom is -0.493 e. The van der Waals surface area contributed by atoms with Crippen LogP contribution in [0.2, 0.25) is 0 Å². The van der Waals surface area contributed by atoms with E-state index >= 15 is 0 Å². The average Bonchev–Trinajstić information content (AvgIpc) is 3.03. The van der Waals surface area contributed by atoms with E-state index < -0.39 is 0 Å². The average molecular weight is 273 g/mol. The highest BCUT2D eigenvalue weighted by atomic mass is 32.1. The zero-order chi connectivity index (χ0) is 13.2. The molecule has 1 unspecified atom stereocenters. The van der Waals surface area contributed by atoms with Crippen LogP contribution in [-0.4, -0.2) is 6.61 Å².